The molecule has 0 bridgehead atoms. The van der Waals surface area contributed by atoms with Crippen molar-refractivity contribution < 1.29 is 4.92 Å². The lowest BCUT2D eigenvalue weighted by Crippen LogP contribution is -2.22. The maximum Gasteiger partial charge on any atom is 0.292 e. The Bertz CT molecular complexity index is 378. The summed E-state index contributed by atoms with van der Waals surface area (Å²) in [7, 11) is 0. The normalized spacial score (nSPS) is 10.2. The van der Waals surface area contributed by atoms with E-state index >= 15 is 0 Å². The molecule has 1 aromatic carbocycles. The third kappa shape index (κ3) is 2.64. The van der Waals surface area contributed by atoms with Gasteiger partial charge in [0, 0.05) is 25.0 Å². The third-order valence-electron chi connectivity index (χ3n) is 2.49. The number of nitrogens with zero attached hydrogens (tertiary/aromatic N) is 2. The van der Waals surface area contributed by atoms with Crippen LogP contribution >= 0.6 is 11.6 Å². The smallest absolute Gasteiger partial charge is 0.292 e. The van der Waals surface area contributed by atoms with Crippen molar-refractivity contribution in [2.45, 2.75) is 19.7 Å². The summed E-state index contributed by atoms with van der Waals surface area (Å²) in [5.41, 5.74) is 1.55. The number of benzene rings is 1. The molecule has 0 heterocycles. The number of hydrogen-bond donors (Lipinski definition) is 0. The second-order valence-corrected chi connectivity index (χ2v) is 3.65. The third-order valence-corrected chi connectivity index (χ3v) is 2.80. The summed E-state index contributed by atoms with van der Waals surface area (Å²) in [5.74, 6) is 0.291. The van der Waals surface area contributed by atoms with Gasteiger partial charge in [0.05, 0.1) is 4.92 Å². The van der Waals surface area contributed by atoms with Gasteiger partial charge in [-0.15, -0.1) is 11.6 Å². The Kier molecular flexibility index (Phi) is 4.55. The molecule has 5 heteroatoms. The number of nitro benzene ring substituents is 1. The van der Waals surface area contributed by atoms with Crippen LogP contribution < -0.4 is 4.90 Å². The molecule has 0 N–H and O–H groups in total. The topological polar surface area (TPSA) is 46.4 Å². The van der Waals surface area contributed by atoms with E-state index in [2.05, 4.69) is 0 Å². The number of hydrogen-bond acceptors (Lipinski definition) is 3. The fraction of sp³-hybridized carbons (Fsp3) is 0.455. The molecule has 0 radical (unpaired) electrons. The van der Waals surface area contributed by atoms with E-state index in [1.54, 1.807) is 12.1 Å². The van der Waals surface area contributed by atoms with Crippen molar-refractivity contribution in [2.24, 2.45) is 0 Å². The molecule has 0 spiro atoms. The summed E-state index contributed by atoms with van der Waals surface area (Å²) in [6, 6.07) is 5.14. The number of halogens is 1. The minimum Gasteiger partial charge on any atom is -0.367 e. The Hall–Kier alpha value is -1.29. The van der Waals surface area contributed by atoms with Crippen LogP contribution in [-0.4, -0.2) is 18.0 Å². The molecule has 0 saturated carbocycles. The number of alkyl halides is 1. The molecule has 0 saturated heterocycles. The highest BCUT2D eigenvalue weighted by Gasteiger charge is 2.17. The first-order chi connectivity index (χ1) is 7.63. The molecule has 0 aliphatic carbocycles. The van der Waals surface area contributed by atoms with Gasteiger partial charge >= 0.3 is 0 Å². The van der Waals surface area contributed by atoms with Crippen LogP contribution in [0, 0.1) is 10.1 Å². The highest BCUT2D eigenvalue weighted by molar-refractivity contribution is 6.17. The van der Waals surface area contributed by atoms with Crippen LogP contribution in [-0.2, 0) is 5.88 Å². The molecule has 0 aromatic heterocycles. The van der Waals surface area contributed by atoms with Crippen molar-refractivity contribution in [3.63, 3.8) is 0 Å². The standard InChI is InChI=1S/C11H15ClN2O2/c1-3-13(4-2)10-6-5-9(8-12)7-11(10)14(15)16/h5-7H,3-4,8H2,1-2H3. The second kappa shape index (κ2) is 5.70. The van der Waals surface area contributed by atoms with Gasteiger partial charge in [0.15, 0.2) is 0 Å². The van der Waals surface area contributed by atoms with Crippen LogP contribution in [0.4, 0.5) is 11.4 Å². The summed E-state index contributed by atoms with van der Waals surface area (Å²) in [6.45, 7) is 5.44. The van der Waals surface area contributed by atoms with Crippen molar-refractivity contribution in [3.8, 4) is 0 Å². The summed E-state index contributed by atoms with van der Waals surface area (Å²) >= 11 is 5.67. The van der Waals surface area contributed by atoms with E-state index in [4.69, 9.17) is 11.6 Å². The van der Waals surface area contributed by atoms with Crippen LogP contribution in [0.25, 0.3) is 0 Å². The van der Waals surface area contributed by atoms with Crippen molar-refractivity contribution >= 4 is 23.0 Å². The molecule has 0 amide bonds. The second-order valence-electron chi connectivity index (χ2n) is 3.39. The SMILES string of the molecule is CCN(CC)c1ccc(CCl)cc1[N+](=O)[O-]. The van der Waals surface area contributed by atoms with Gasteiger partial charge in [0.25, 0.3) is 5.69 Å². The average molecular weight is 243 g/mol. The van der Waals surface area contributed by atoms with Crippen LogP contribution in [0.2, 0.25) is 0 Å². The molecular formula is C11H15ClN2O2. The van der Waals surface area contributed by atoms with Crippen molar-refractivity contribution in [2.75, 3.05) is 18.0 Å². The molecule has 88 valence electrons. The van der Waals surface area contributed by atoms with Gasteiger partial charge in [0.1, 0.15) is 5.69 Å². The molecule has 0 fully saturated rings. The fourth-order valence-electron chi connectivity index (χ4n) is 1.63. The highest BCUT2D eigenvalue weighted by atomic mass is 35.5. The molecular weight excluding hydrogens is 228 g/mol. The van der Waals surface area contributed by atoms with Crippen LogP contribution in [0.3, 0.4) is 0 Å². The summed E-state index contributed by atoms with van der Waals surface area (Å²) < 4.78 is 0. The Morgan fingerprint density at radius 3 is 2.44 bits per heavy atom. The summed E-state index contributed by atoms with van der Waals surface area (Å²) in [4.78, 5) is 12.6. The van der Waals surface area contributed by atoms with Crippen LogP contribution in [0.1, 0.15) is 19.4 Å². The van der Waals surface area contributed by atoms with Crippen LogP contribution in [0.15, 0.2) is 18.2 Å². The predicted molar refractivity (Wildman–Crippen MR) is 66.2 cm³/mol. The fourth-order valence-corrected chi connectivity index (χ4v) is 1.80. The molecule has 16 heavy (non-hydrogen) atoms. The highest BCUT2D eigenvalue weighted by Crippen LogP contribution is 2.29. The Labute approximate surface area is 100.0 Å². The maximum atomic E-state index is 11.0. The van der Waals surface area contributed by atoms with E-state index in [9.17, 15) is 10.1 Å². The number of nitro groups is 1. The van der Waals surface area contributed by atoms with Gasteiger partial charge < -0.3 is 4.90 Å². The van der Waals surface area contributed by atoms with Gasteiger partial charge in [-0.1, -0.05) is 6.07 Å². The first kappa shape index (κ1) is 12.8. The zero-order valence-electron chi connectivity index (χ0n) is 9.44. The average Bonchev–Trinajstić information content (AvgIpc) is 2.30. The Morgan fingerprint density at radius 1 is 1.38 bits per heavy atom. The summed E-state index contributed by atoms with van der Waals surface area (Å²) in [5, 5.41) is 11.0. The maximum absolute atomic E-state index is 11.0. The zero-order chi connectivity index (χ0) is 12.1. The van der Waals surface area contributed by atoms with Gasteiger partial charge in [-0.3, -0.25) is 10.1 Å². The molecule has 4 nitrogen and oxygen atoms in total. The minimum absolute atomic E-state index is 0.127. The lowest BCUT2D eigenvalue weighted by atomic mass is 10.1. The number of rotatable bonds is 5. The van der Waals surface area contributed by atoms with E-state index in [0.717, 1.165) is 18.7 Å². The number of anilines is 1. The monoisotopic (exact) mass is 242 g/mol. The van der Waals surface area contributed by atoms with Crippen LogP contribution in [0.5, 0.6) is 0 Å². The first-order valence-corrected chi connectivity index (χ1v) is 5.75. The van der Waals surface area contributed by atoms with Gasteiger partial charge in [0.2, 0.25) is 0 Å². The van der Waals surface area contributed by atoms with E-state index in [1.807, 2.05) is 24.8 Å². The largest absolute Gasteiger partial charge is 0.367 e. The molecule has 1 aromatic rings. The molecule has 0 atom stereocenters. The predicted octanol–water partition coefficient (Wildman–Crippen LogP) is 3.18. The molecule has 0 unspecified atom stereocenters. The Morgan fingerprint density at radius 2 is 2.00 bits per heavy atom. The van der Waals surface area contributed by atoms with Gasteiger partial charge in [-0.2, -0.15) is 0 Å². The lowest BCUT2D eigenvalue weighted by Gasteiger charge is -2.20. The Balaban J connectivity index is 3.21. The van der Waals surface area contributed by atoms with Crippen molar-refractivity contribution in [1.82, 2.24) is 0 Å². The lowest BCUT2D eigenvalue weighted by molar-refractivity contribution is -0.384. The molecule has 1 rings (SSSR count). The summed E-state index contributed by atoms with van der Waals surface area (Å²) in [6.07, 6.45) is 0. The quantitative estimate of drug-likeness (QED) is 0.453. The van der Waals surface area contributed by atoms with E-state index < -0.39 is 0 Å². The molecule has 0 aliphatic rings. The van der Waals surface area contributed by atoms with Gasteiger partial charge in [-0.05, 0) is 25.5 Å². The zero-order valence-corrected chi connectivity index (χ0v) is 10.2. The van der Waals surface area contributed by atoms with E-state index in [-0.39, 0.29) is 10.6 Å². The van der Waals surface area contributed by atoms with Gasteiger partial charge in [-0.25, -0.2) is 0 Å². The van der Waals surface area contributed by atoms with E-state index in [0.29, 0.717) is 11.6 Å². The minimum atomic E-state index is -0.357. The first-order valence-electron chi connectivity index (χ1n) is 5.22. The van der Waals surface area contributed by atoms with Crippen molar-refractivity contribution in [1.29, 1.82) is 0 Å². The van der Waals surface area contributed by atoms with E-state index in [1.165, 1.54) is 0 Å². The molecule has 0 aliphatic heterocycles. The van der Waals surface area contributed by atoms with Crippen molar-refractivity contribution in [3.05, 3.63) is 33.9 Å².